The number of rotatable bonds is 3. The van der Waals surface area contributed by atoms with Crippen LogP contribution in [-0.4, -0.2) is 11.8 Å². The van der Waals surface area contributed by atoms with Crippen LogP contribution >= 0.6 is 0 Å². The van der Waals surface area contributed by atoms with Crippen LogP contribution in [0.15, 0.2) is 40.8 Å². The fourth-order valence-corrected chi connectivity index (χ4v) is 1.72. The highest BCUT2D eigenvalue weighted by atomic mass is 19.4. The van der Waals surface area contributed by atoms with Gasteiger partial charge in [-0.3, -0.25) is 14.9 Å². The molecular formula is C14H11F3N2O3. The first-order chi connectivity index (χ1) is 10.3. The Morgan fingerprint density at radius 3 is 2.36 bits per heavy atom. The Bertz CT molecular complexity index is 707. The summed E-state index contributed by atoms with van der Waals surface area (Å²) in [4.78, 5) is 22.7. The summed E-state index contributed by atoms with van der Waals surface area (Å²) in [6, 6.07) is 7.16. The van der Waals surface area contributed by atoms with Gasteiger partial charge in [-0.1, -0.05) is 12.1 Å². The quantitative estimate of drug-likeness (QED) is 0.911. The average Bonchev–Trinajstić information content (AvgIpc) is 2.86. The van der Waals surface area contributed by atoms with E-state index in [-0.39, 0.29) is 17.3 Å². The third kappa shape index (κ3) is 3.66. The summed E-state index contributed by atoms with van der Waals surface area (Å²) in [6.45, 7) is 1.25. The molecule has 0 atom stereocenters. The van der Waals surface area contributed by atoms with Crippen molar-refractivity contribution in [3.63, 3.8) is 0 Å². The van der Waals surface area contributed by atoms with Crippen LogP contribution in [0, 0.1) is 0 Å². The van der Waals surface area contributed by atoms with Crippen LogP contribution < -0.4 is 10.6 Å². The summed E-state index contributed by atoms with van der Waals surface area (Å²) < 4.78 is 43.5. The molecule has 0 aliphatic heterocycles. The molecule has 0 aliphatic carbocycles. The number of amides is 2. The van der Waals surface area contributed by atoms with Gasteiger partial charge >= 0.3 is 6.18 Å². The third-order valence-electron chi connectivity index (χ3n) is 2.61. The van der Waals surface area contributed by atoms with Gasteiger partial charge in [0.25, 0.3) is 5.91 Å². The molecule has 2 rings (SSSR count). The van der Waals surface area contributed by atoms with Crippen molar-refractivity contribution in [3.05, 3.63) is 47.7 Å². The number of halogens is 3. The molecule has 0 bridgehead atoms. The average molecular weight is 312 g/mol. The lowest BCUT2D eigenvalue weighted by molar-refractivity contribution is -0.136. The highest BCUT2D eigenvalue weighted by molar-refractivity contribution is 6.03. The molecular weight excluding hydrogens is 301 g/mol. The Balaban J connectivity index is 2.19. The van der Waals surface area contributed by atoms with E-state index in [0.29, 0.717) is 0 Å². The Morgan fingerprint density at radius 2 is 1.73 bits per heavy atom. The van der Waals surface area contributed by atoms with E-state index < -0.39 is 23.6 Å². The van der Waals surface area contributed by atoms with Crippen molar-refractivity contribution in [2.75, 3.05) is 10.6 Å². The molecule has 0 unspecified atom stereocenters. The van der Waals surface area contributed by atoms with Crippen LogP contribution in [0.3, 0.4) is 0 Å². The molecule has 1 heterocycles. The largest absolute Gasteiger partial charge is 0.435 e. The molecule has 0 aliphatic rings. The molecule has 2 aromatic rings. The molecule has 2 amide bonds. The maximum absolute atomic E-state index is 12.8. The zero-order valence-corrected chi connectivity index (χ0v) is 11.3. The lowest BCUT2D eigenvalue weighted by Crippen LogP contribution is -2.16. The SMILES string of the molecule is CC(=O)Nc1ccc(C(=O)Nc2ccccc2C(F)(F)F)o1. The predicted octanol–water partition coefficient (Wildman–Crippen LogP) is 3.51. The van der Waals surface area contributed by atoms with E-state index in [1.165, 1.54) is 31.2 Å². The van der Waals surface area contributed by atoms with Crippen molar-refractivity contribution in [2.24, 2.45) is 0 Å². The number of anilines is 2. The topological polar surface area (TPSA) is 71.3 Å². The number of benzene rings is 1. The second kappa shape index (κ2) is 5.92. The molecule has 1 aromatic carbocycles. The Morgan fingerprint density at radius 1 is 1.05 bits per heavy atom. The number of carbonyl (C=O) groups is 2. The normalized spacial score (nSPS) is 11.1. The van der Waals surface area contributed by atoms with E-state index in [0.717, 1.165) is 12.1 Å². The van der Waals surface area contributed by atoms with Crippen LogP contribution in [0.4, 0.5) is 24.7 Å². The maximum Gasteiger partial charge on any atom is 0.418 e. The molecule has 2 N–H and O–H groups in total. The van der Waals surface area contributed by atoms with Crippen LogP contribution in [0.25, 0.3) is 0 Å². The van der Waals surface area contributed by atoms with E-state index in [2.05, 4.69) is 10.6 Å². The summed E-state index contributed by atoms with van der Waals surface area (Å²) in [5.41, 5.74) is -1.34. The van der Waals surface area contributed by atoms with E-state index in [1.807, 2.05) is 0 Å². The molecule has 0 spiro atoms. The Labute approximate surface area is 123 Å². The van der Waals surface area contributed by atoms with Gasteiger partial charge in [0.2, 0.25) is 5.91 Å². The zero-order chi connectivity index (χ0) is 16.3. The fourth-order valence-electron chi connectivity index (χ4n) is 1.72. The first-order valence-corrected chi connectivity index (χ1v) is 6.12. The Hall–Kier alpha value is -2.77. The number of carbonyl (C=O) groups excluding carboxylic acids is 2. The zero-order valence-electron chi connectivity index (χ0n) is 11.3. The van der Waals surface area contributed by atoms with Crippen molar-refractivity contribution in [1.29, 1.82) is 0 Å². The number of nitrogens with one attached hydrogen (secondary N) is 2. The van der Waals surface area contributed by atoms with E-state index in [9.17, 15) is 22.8 Å². The summed E-state index contributed by atoms with van der Waals surface area (Å²) in [6.07, 6.45) is -4.59. The molecule has 0 radical (unpaired) electrons. The summed E-state index contributed by atoms with van der Waals surface area (Å²) in [5.74, 6) is -1.44. The first-order valence-electron chi connectivity index (χ1n) is 6.12. The van der Waals surface area contributed by atoms with Gasteiger partial charge in [-0.15, -0.1) is 0 Å². The number of alkyl halides is 3. The first kappa shape index (κ1) is 15.6. The minimum absolute atomic E-state index is 0.0294. The standard InChI is InChI=1S/C14H11F3N2O3/c1-8(20)18-12-7-6-11(22-12)13(21)19-10-5-3-2-4-9(10)14(15,16)17/h2-7H,1H3,(H,18,20)(H,19,21). The molecule has 0 saturated carbocycles. The minimum Gasteiger partial charge on any atom is -0.435 e. The summed E-state index contributed by atoms with van der Waals surface area (Å²) >= 11 is 0. The number of para-hydroxylation sites is 1. The van der Waals surface area contributed by atoms with Crippen molar-refractivity contribution in [1.82, 2.24) is 0 Å². The molecule has 8 heteroatoms. The summed E-state index contributed by atoms with van der Waals surface area (Å²) in [5, 5.41) is 4.45. The second-order valence-electron chi connectivity index (χ2n) is 4.34. The van der Waals surface area contributed by atoms with E-state index in [1.54, 1.807) is 0 Å². The minimum atomic E-state index is -4.59. The number of hydrogen-bond donors (Lipinski definition) is 2. The lowest BCUT2D eigenvalue weighted by atomic mass is 10.1. The monoisotopic (exact) mass is 312 g/mol. The number of hydrogen-bond acceptors (Lipinski definition) is 3. The second-order valence-corrected chi connectivity index (χ2v) is 4.34. The fraction of sp³-hybridized carbons (Fsp3) is 0.143. The van der Waals surface area contributed by atoms with Crippen LogP contribution in [0.2, 0.25) is 0 Å². The van der Waals surface area contributed by atoms with Gasteiger partial charge in [0.05, 0.1) is 11.3 Å². The van der Waals surface area contributed by atoms with Crippen molar-refractivity contribution in [3.8, 4) is 0 Å². The van der Waals surface area contributed by atoms with Crippen LogP contribution in [0.5, 0.6) is 0 Å². The summed E-state index contributed by atoms with van der Waals surface area (Å²) in [7, 11) is 0. The highest BCUT2D eigenvalue weighted by Gasteiger charge is 2.33. The lowest BCUT2D eigenvalue weighted by Gasteiger charge is -2.12. The molecule has 116 valence electrons. The Kier molecular flexibility index (Phi) is 4.20. The van der Waals surface area contributed by atoms with E-state index >= 15 is 0 Å². The third-order valence-corrected chi connectivity index (χ3v) is 2.61. The molecule has 0 fully saturated rings. The smallest absolute Gasteiger partial charge is 0.418 e. The maximum atomic E-state index is 12.8. The van der Waals surface area contributed by atoms with Crippen molar-refractivity contribution in [2.45, 2.75) is 13.1 Å². The van der Waals surface area contributed by atoms with Crippen LogP contribution in [-0.2, 0) is 11.0 Å². The van der Waals surface area contributed by atoms with Gasteiger partial charge in [0.15, 0.2) is 11.6 Å². The molecule has 0 saturated heterocycles. The number of furan rings is 1. The predicted molar refractivity (Wildman–Crippen MR) is 72.4 cm³/mol. The van der Waals surface area contributed by atoms with Gasteiger partial charge in [-0.2, -0.15) is 13.2 Å². The van der Waals surface area contributed by atoms with Gasteiger partial charge in [-0.25, -0.2) is 0 Å². The highest BCUT2D eigenvalue weighted by Crippen LogP contribution is 2.34. The van der Waals surface area contributed by atoms with Gasteiger partial charge in [-0.05, 0) is 18.2 Å². The molecule has 22 heavy (non-hydrogen) atoms. The van der Waals surface area contributed by atoms with Crippen molar-refractivity contribution >= 4 is 23.4 Å². The van der Waals surface area contributed by atoms with Gasteiger partial charge in [0.1, 0.15) is 0 Å². The van der Waals surface area contributed by atoms with Gasteiger partial charge in [0, 0.05) is 13.0 Å². The molecule has 1 aromatic heterocycles. The van der Waals surface area contributed by atoms with Crippen molar-refractivity contribution < 1.29 is 27.2 Å². The molecule has 5 nitrogen and oxygen atoms in total. The van der Waals surface area contributed by atoms with Gasteiger partial charge < -0.3 is 9.73 Å². The van der Waals surface area contributed by atoms with E-state index in [4.69, 9.17) is 4.42 Å². The van der Waals surface area contributed by atoms with Crippen LogP contribution in [0.1, 0.15) is 23.0 Å².